The molecule has 0 bridgehead atoms. The minimum atomic E-state index is -3.59. The van der Waals surface area contributed by atoms with E-state index in [1.54, 1.807) is 21.5 Å². The van der Waals surface area contributed by atoms with Crippen LogP contribution in [0.1, 0.15) is 62.9 Å². The van der Waals surface area contributed by atoms with E-state index in [9.17, 15) is 13.2 Å². The van der Waals surface area contributed by atoms with Crippen molar-refractivity contribution < 1.29 is 8.42 Å². The molecule has 1 saturated carbocycles. The van der Waals surface area contributed by atoms with Crippen molar-refractivity contribution in [2.24, 2.45) is 13.0 Å². The van der Waals surface area contributed by atoms with Crippen LogP contribution in [-0.4, -0.2) is 45.1 Å². The zero-order valence-corrected chi connectivity index (χ0v) is 18.1. The van der Waals surface area contributed by atoms with E-state index in [4.69, 9.17) is 0 Å². The fourth-order valence-electron chi connectivity index (χ4n) is 4.01. The van der Waals surface area contributed by atoms with Gasteiger partial charge in [0.2, 0.25) is 0 Å². The van der Waals surface area contributed by atoms with Gasteiger partial charge in [0.25, 0.3) is 15.6 Å². The summed E-state index contributed by atoms with van der Waals surface area (Å²) in [5.74, 6) is 1.67. The molecule has 0 radical (unpaired) electrons. The zero-order valence-electron chi connectivity index (χ0n) is 17.3. The van der Waals surface area contributed by atoms with Gasteiger partial charge in [0.05, 0.1) is 5.69 Å². The Bertz CT molecular complexity index is 1040. The van der Waals surface area contributed by atoms with Gasteiger partial charge in [-0.1, -0.05) is 13.8 Å². The summed E-state index contributed by atoms with van der Waals surface area (Å²) in [5, 5.41) is 4.65. The summed E-state index contributed by atoms with van der Waals surface area (Å²) in [6, 6.07) is 3.44. The molecular weight excluding hydrogens is 390 g/mol. The average molecular weight is 420 g/mol. The van der Waals surface area contributed by atoms with Gasteiger partial charge in [-0.2, -0.15) is 9.40 Å². The van der Waals surface area contributed by atoms with Gasteiger partial charge in [0.1, 0.15) is 5.82 Å². The second kappa shape index (κ2) is 7.68. The third kappa shape index (κ3) is 4.16. The van der Waals surface area contributed by atoms with Crippen molar-refractivity contribution in [3.8, 4) is 0 Å². The quantitative estimate of drug-likeness (QED) is 0.715. The van der Waals surface area contributed by atoms with Crippen molar-refractivity contribution in [3.05, 3.63) is 40.2 Å². The minimum absolute atomic E-state index is 0.0841. The fourth-order valence-corrected chi connectivity index (χ4v) is 5.47. The van der Waals surface area contributed by atoms with Gasteiger partial charge in [0.15, 0.2) is 5.03 Å². The third-order valence-corrected chi connectivity index (χ3v) is 7.67. The Hall–Kier alpha value is -2.00. The molecule has 3 heterocycles. The van der Waals surface area contributed by atoms with Crippen LogP contribution >= 0.6 is 0 Å². The van der Waals surface area contributed by atoms with E-state index in [1.165, 1.54) is 4.31 Å². The van der Waals surface area contributed by atoms with Crippen molar-refractivity contribution in [2.45, 2.75) is 62.9 Å². The molecule has 2 aromatic rings. The van der Waals surface area contributed by atoms with E-state index in [2.05, 4.69) is 10.1 Å². The Morgan fingerprint density at radius 2 is 1.83 bits per heavy atom. The Labute approximate surface area is 171 Å². The second-order valence-corrected chi connectivity index (χ2v) is 10.5. The summed E-state index contributed by atoms with van der Waals surface area (Å²) in [4.78, 5) is 16.5. The van der Waals surface area contributed by atoms with Crippen LogP contribution in [0.2, 0.25) is 0 Å². The lowest BCUT2D eigenvalue weighted by molar-refractivity contribution is 0.243. The summed E-state index contributed by atoms with van der Waals surface area (Å²) < 4.78 is 30.9. The highest BCUT2D eigenvalue weighted by atomic mass is 32.2. The highest BCUT2D eigenvalue weighted by Crippen LogP contribution is 2.38. The van der Waals surface area contributed by atoms with E-state index in [0.717, 1.165) is 24.4 Å². The van der Waals surface area contributed by atoms with Crippen LogP contribution in [0.3, 0.4) is 0 Å². The van der Waals surface area contributed by atoms with Crippen LogP contribution in [0.15, 0.2) is 28.2 Å². The molecule has 0 aromatic carbocycles. The molecule has 2 fully saturated rings. The molecule has 158 valence electrons. The zero-order chi connectivity index (χ0) is 20.8. The first-order valence-corrected chi connectivity index (χ1v) is 11.8. The normalized spacial score (nSPS) is 19.2. The van der Waals surface area contributed by atoms with Gasteiger partial charge in [-0.25, -0.2) is 18.1 Å². The first kappa shape index (κ1) is 20.3. The lowest BCUT2D eigenvalue weighted by atomic mass is 9.98. The topological polar surface area (TPSA) is 90.1 Å². The van der Waals surface area contributed by atoms with Gasteiger partial charge >= 0.3 is 0 Å². The highest BCUT2D eigenvalue weighted by molar-refractivity contribution is 7.89. The van der Waals surface area contributed by atoms with Gasteiger partial charge < -0.3 is 4.57 Å². The van der Waals surface area contributed by atoms with Crippen LogP contribution in [0.5, 0.6) is 0 Å². The van der Waals surface area contributed by atoms with Crippen LogP contribution in [-0.2, 0) is 23.6 Å². The summed E-state index contributed by atoms with van der Waals surface area (Å²) in [6.07, 6.45) is 5.32. The molecule has 1 aliphatic carbocycles. The smallest absolute Gasteiger partial charge is 0.266 e. The number of aryl methyl sites for hydroxylation is 1. The largest absolute Gasteiger partial charge is 0.336 e. The number of aromatic nitrogens is 4. The molecule has 0 unspecified atom stereocenters. The molecule has 0 N–H and O–H groups in total. The molecule has 1 saturated heterocycles. The molecule has 4 rings (SSSR count). The van der Waals surface area contributed by atoms with Crippen LogP contribution in [0, 0.1) is 5.92 Å². The third-order valence-electron chi connectivity index (χ3n) is 5.90. The number of rotatable bonds is 6. The lowest BCUT2D eigenvalue weighted by Crippen LogP contribution is -2.40. The molecule has 0 amide bonds. The predicted molar refractivity (Wildman–Crippen MR) is 109 cm³/mol. The average Bonchev–Trinajstić information content (AvgIpc) is 3.45. The molecule has 1 aliphatic heterocycles. The molecule has 29 heavy (non-hydrogen) atoms. The maximum absolute atomic E-state index is 13.0. The summed E-state index contributed by atoms with van der Waals surface area (Å²) in [7, 11) is -1.77. The molecule has 0 atom stereocenters. The van der Waals surface area contributed by atoms with Crippen LogP contribution < -0.4 is 5.56 Å². The van der Waals surface area contributed by atoms with Crippen molar-refractivity contribution in [3.63, 3.8) is 0 Å². The Balaban J connectivity index is 1.42. The van der Waals surface area contributed by atoms with Crippen LogP contribution in [0.4, 0.5) is 0 Å². The maximum Gasteiger partial charge on any atom is 0.266 e. The Morgan fingerprint density at radius 3 is 2.41 bits per heavy atom. The van der Waals surface area contributed by atoms with Gasteiger partial charge in [0, 0.05) is 50.8 Å². The van der Waals surface area contributed by atoms with Crippen LogP contribution in [0.25, 0.3) is 0 Å². The van der Waals surface area contributed by atoms with Crippen molar-refractivity contribution >= 4 is 10.0 Å². The fraction of sp³-hybridized carbons (Fsp3) is 0.650. The van der Waals surface area contributed by atoms with E-state index >= 15 is 0 Å². The first-order chi connectivity index (χ1) is 13.8. The number of hydrogen-bond donors (Lipinski definition) is 0. The number of hydrogen-bond acceptors (Lipinski definition) is 5. The number of sulfonamides is 1. The van der Waals surface area contributed by atoms with E-state index in [-0.39, 0.29) is 22.4 Å². The molecule has 2 aliphatic rings. The van der Waals surface area contributed by atoms with Crippen molar-refractivity contribution in [2.75, 3.05) is 13.1 Å². The standard InChI is InChI=1S/C20H29N5O3S/c1-14(2)20-21-18(13-23(20)3)29(27,28)24-10-8-15(9-11-24)12-25-19(26)7-6-17(22-25)16-4-5-16/h6-7,13-16H,4-5,8-12H2,1-3H3. The van der Waals surface area contributed by atoms with Gasteiger partial charge in [-0.05, 0) is 37.7 Å². The number of nitrogens with zero attached hydrogens (tertiary/aromatic N) is 5. The van der Waals surface area contributed by atoms with E-state index < -0.39 is 10.0 Å². The predicted octanol–water partition coefficient (Wildman–Crippen LogP) is 2.08. The van der Waals surface area contributed by atoms with Gasteiger partial charge in [-0.3, -0.25) is 4.79 Å². The van der Waals surface area contributed by atoms with Crippen molar-refractivity contribution in [1.29, 1.82) is 0 Å². The number of piperidine rings is 1. The van der Waals surface area contributed by atoms with E-state index in [0.29, 0.717) is 38.4 Å². The van der Waals surface area contributed by atoms with E-state index in [1.807, 2.05) is 27.0 Å². The minimum Gasteiger partial charge on any atom is -0.336 e. The summed E-state index contributed by atoms with van der Waals surface area (Å²) >= 11 is 0. The maximum atomic E-state index is 13.0. The lowest BCUT2D eigenvalue weighted by Gasteiger charge is -2.30. The Kier molecular flexibility index (Phi) is 5.37. The summed E-state index contributed by atoms with van der Waals surface area (Å²) in [5.41, 5.74) is 0.917. The number of imidazole rings is 1. The first-order valence-electron chi connectivity index (χ1n) is 10.4. The van der Waals surface area contributed by atoms with Gasteiger partial charge in [-0.15, -0.1) is 0 Å². The SMILES string of the molecule is CC(C)c1nc(S(=O)(=O)N2CCC(Cn3nc(C4CC4)ccc3=O)CC2)cn1C. The monoisotopic (exact) mass is 419 g/mol. The van der Waals surface area contributed by atoms with Crippen molar-refractivity contribution in [1.82, 2.24) is 23.6 Å². The highest BCUT2D eigenvalue weighted by Gasteiger charge is 2.32. The second-order valence-electron chi connectivity index (χ2n) is 8.60. The molecule has 9 heteroatoms. The summed E-state index contributed by atoms with van der Waals surface area (Å²) in [6.45, 7) is 5.43. The Morgan fingerprint density at radius 1 is 1.14 bits per heavy atom. The molecular formula is C20H29N5O3S. The molecule has 0 spiro atoms. The molecule has 2 aromatic heterocycles. The molecule has 8 nitrogen and oxygen atoms in total.